The number of halogens is 2. The zero-order valence-electron chi connectivity index (χ0n) is 12.6. The van der Waals surface area contributed by atoms with Crippen LogP contribution in [0.4, 0.5) is 0 Å². The van der Waals surface area contributed by atoms with Gasteiger partial charge in [0, 0.05) is 36.2 Å². The maximum Gasteiger partial charge on any atom is 0.253 e. The number of benzene rings is 1. The molecule has 1 amide bonds. The number of rotatable bonds is 4. The summed E-state index contributed by atoms with van der Waals surface area (Å²) in [7, 11) is 0. The number of hydrogen-bond acceptors (Lipinski definition) is 2. The predicted octanol–water partition coefficient (Wildman–Crippen LogP) is 3.91. The minimum atomic E-state index is 0.0768. The molecular weight excluding hydrogens is 352 g/mol. The molecule has 1 aliphatic heterocycles. The highest BCUT2D eigenvalue weighted by Gasteiger charge is 2.22. The fraction of sp³-hybridized carbons (Fsp3) is 0.562. The molecule has 3 nitrogen and oxygen atoms in total. The molecule has 0 spiro atoms. The molecule has 1 aromatic carbocycles. The van der Waals surface area contributed by atoms with E-state index in [1.54, 1.807) is 6.07 Å². The lowest BCUT2D eigenvalue weighted by atomic mass is 10.1. The van der Waals surface area contributed by atoms with Crippen LogP contribution in [0.5, 0.6) is 0 Å². The summed E-state index contributed by atoms with van der Waals surface area (Å²) in [5.74, 6) is 0.808. The van der Waals surface area contributed by atoms with Crippen LogP contribution in [0.25, 0.3) is 0 Å². The molecule has 0 N–H and O–H groups in total. The summed E-state index contributed by atoms with van der Waals surface area (Å²) in [6.45, 7) is 9.14. The third-order valence-electron chi connectivity index (χ3n) is 3.85. The largest absolute Gasteiger partial charge is 0.336 e. The molecule has 2 rings (SSSR count). The Morgan fingerprint density at radius 1 is 1.29 bits per heavy atom. The number of amides is 1. The molecule has 0 bridgehead atoms. The first-order valence-corrected chi connectivity index (χ1v) is 8.61. The van der Waals surface area contributed by atoms with Gasteiger partial charge < -0.3 is 4.90 Å². The number of nitrogens with zero attached hydrogens (tertiary/aromatic N) is 2. The van der Waals surface area contributed by atoms with Crippen molar-refractivity contribution >= 4 is 33.4 Å². The number of carbonyl (C=O) groups is 1. The number of piperazine rings is 1. The second-order valence-corrected chi connectivity index (χ2v) is 7.21. The molecule has 1 heterocycles. The van der Waals surface area contributed by atoms with E-state index in [0.717, 1.165) is 43.1 Å². The molecule has 5 heteroatoms. The second-order valence-electron chi connectivity index (χ2n) is 5.95. The molecule has 0 unspecified atom stereocenters. The molecule has 1 fully saturated rings. The van der Waals surface area contributed by atoms with Crippen LogP contribution in [0.2, 0.25) is 5.02 Å². The molecule has 0 saturated carbocycles. The highest BCUT2D eigenvalue weighted by atomic mass is 79.9. The summed E-state index contributed by atoms with van der Waals surface area (Å²) in [4.78, 5) is 16.8. The Hall–Kier alpha value is -0.580. The molecule has 0 aliphatic carbocycles. The molecule has 0 atom stereocenters. The first-order chi connectivity index (χ1) is 9.97. The van der Waals surface area contributed by atoms with Crippen LogP contribution in [0.1, 0.15) is 30.6 Å². The second kappa shape index (κ2) is 7.61. The minimum Gasteiger partial charge on any atom is -0.336 e. The summed E-state index contributed by atoms with van der Waals surface area (Å²) in [5.41, 5.74) is 0.666. The number of hydrogen-bond donors (Lipinski definition) is 0. The summed E-state index contributed by atoms with van der Waals surface area (Å²) in [6, 6.07) is 5.39. The standard InChI is InChI=1S/C16H22BrClN2O/c1-12(2)5-6-19-7-9-20(10-8-19)16(21)13-3-4-14(17)15(18)11-13/h3-4,11-12H,5-10H2,1-2H3. The first-order valence-electron chi connectivity index (χ1n) is 7.44. The average molecular weight is 374 g/mol. The van der Waals surface area contributed by atoms with Gasteiger partial charge >= 0.3 is 0 Å². The van der Waals surface area contributed by atoms with Crippen LogP contribution in [0.3, 0.4) is 0 Å². The Morgan fingerprint density at radius 3 is 2.52 bits per heavy atom. The molecule has 116 valence electrons. The van der Waals surface area contributed by atoms with Crippen molar-refractivity contribution in [1.29, 1.82) is 0 Å². The molecule has 1 saturated heterocycles. The molecular formula is C16H22BrClN2O. The van der Waals surface area contributed by atoms with Crippen LogP contribution < -0.4 is 0 Å². The van der Waals surface area contributed by atoms with Crippen molar-refractivity contribution in [2.24, 2.45) is 5.92 Å². The Morgan fingerprint density at radius 2 is 1.95 bits per heavy atom. The van der Waals surface area contributed by atoms with Gasteiger partial charge in [-0.2, -0.15) is 0 Å². The van der Waals surface area contributed by atoms with Gasteiger partial charge in [-0.15, -0.1) is 0 Å². The summed E-state index contributed by atoms with van der Waals surface area (Å²) < 4.78 is 0.819. The van der Waals surface area contributed by atoms with Gasteiger partial charge in [-0.1, -0.05) is 25.4 Å². The van der Waals surface area contributed by atoms with Gasteiger partial charge in [-0.25, -0.2) is 0 Å². The van der Waals surface area contributed by atoms with Gasteiger partial charge in [0.2, 0.25) is 0 Å². The normalized spacial score (nSPS) is 16.5. The fourth-order valence-corrected chi connectivity index (χ4v) is 2.85. The lowest BCUT2D eigenvalue weighted by molar-refractivity contribution is 0.0632. The summed E-state index contributed by atoms with van der Waals surface area (Å²) >= 11 is 9.41. The summed E-state index contributed by atoms with van der Waals surface area (Å²) in [5, 5.41) is 0.580. The smallest absolute Gasteiger partial charge is 0.253 e. The Balaban J connectivity index is 1.89. The van der Waals surface area contributed by atoms with Crippen LogP contribution in [0.15, 0.2) is 22.7 Å². The molecule has 1 aliphatic rings. The van der Waals surface area contributed by atoms with Gasteiger partial charge in [0.15, 0.2) is 0 Å². The number of carbonyl (C=O) groups excluding carboxylic acids is 1. The quantitative estimate of drug-likeness (QED) is 0.799. The van der Waals surface area contributed by atoms with Gasteiger partial charge in [-0.3, -0.25) is 9.69 Å². The van der Waals surface area contributed by atoms with E-state index >= 15 is 0 Å². The SMILES string of the molecule is CC(C)CCN1CCN(C(=O)c2ccc(Br)c(Cl)c2)CC1. The Labute approximate surface area is 140 Å². The molecule has 21 heavy (non-hydrogen) atoms. The van der Waals surface area contributed by atoms with Crippen molar-refractivity contribution in [3.63, 3.8) is 0 Å². The first kappa shape index (κ1) is 16.8. The van der Waals surface area contributed by atoms with Crippen molar-refractivity contribution in [3.05, 3.63) is 33.3 Å². The van der Waals surface area contributed by atoms with Crippen LogP contribution in [0, 0.1) is 5.92 Å². The molecule has 0 radical (unpaired) electrons. The van der Waals surface area contributed by atoms with Crippen molar-refractivity contribution in [2.75, 3.05) is 32.7 Å². The van der Waals surface area contributed by atoms with E-state index < -0.39 is 0 Å². The van der Waals surface area contributed by atoms with Crippen molar-refractivity contribution in [2.45, 2.75) is 20.3 Å². The Kier molecular flexibility index (Phi) is 6.08. The third kappa shape index (κ3) is 4.70. The maximum atomic E-state index is 12.5. The van der Waals surface area contributed by atoms with Crippen molar-refractivity contribution in [1.82, 2.24) is 9.80 Å². The van der Waals surface area contributed by atoms with Gasteiger partial charge in [-0.05, 0) is 53.0 Å². The zero-order chi connectivity index (χ0) is 15.4. The fourth-order valence-electron chi connectivity index (χ4n) is 2.43. The average Bonchev–Trinajstić information content (AvgIpc) is 2.48. The maximum absolute atomic E-state index is 12.5. The van der Waals surface area contributed by atoms with E-state index in [9.17, 15) is 4.79 Å². The van der Waals surface area contributed by atoms with E-state index in [0.29, 0.717) is 10.6 Å². The van der Waals surface area contributed by atoms with Gasteiger partial charge in [0.25, 0.3) is 5.91 Å². The lowest BCUT2D eigenvalue weighted by Crippen LogP contribution is -2.49. The zero-order valence-corrected chi connectivity index (χ0v) is 15.0. The van der Waals surface area contributed by atoms with Gasteiger partial charge in [0.1, 0.15) is 0 Å². The van der Waals surface area contributed by atoms with E-state index in [1.165, 1.54) is 6.42 Å². The molecule has 0 aromatic heterocycles. The molecule has 1 aromatic rings. The third-order valence-corrected chi connectivity index (χ3v) is 5.08. The Bertz CT molecular complexity index is 499. The predicted molar refractivity (Wildman–Crippen MR) is 91.0 cm³/mol. The van der Waals surface area contributed by atoms with E-state index in [-0.39, 0.29) is 5.91 Å². The lowest BCUT2D eigenvalue weighted by Gasteiger charge is -2.35. The minimum absolute atomic E-state index is 0.0768. The van der Waals surface area contributed by atoms with E-state index in [1.807, 2.05) is 17.0 Å². The summed E-state index contributed by atoms with van der Waals surface area (Å²) in [6.07, 6.45) is 1.22. The van der Waals surface area contributed by atoms with E-state index in [2.05, 4.69) is 34.7 Å². The highest BCUT2D eigenvalue weighted by molar-refractivity contribution is 9.10. The van der Waals surface area contributed by atoms with Crippen LogP contribution in [-0.2, 0) is 0 Å². The topological polar surface area (TPSA) is 23.6 Å². The monoisotopic (exact) mass is 372 g/mol. The van der Waals surface area contributed by atoms with E-state index in [4.69, 9.17) is 11.6 Å². The highest BCUT2D eigenvalue weighted by Crippen LogP contribution is 2.24. The van der Waals surface area contributed by atoms with Crippen molar-refractivity contribution < 1.29 is 4.79 Å². The van der Waals surface area contributed by atoms with Crippen LogP contribution >= 0.6 is 27.5 Å². The van der Waals surface area contributed by atoms with Crippen LogP contribution in [-0.4, -0.2) is 48.4 Å². The van der Waals surface area contributed by atoms with Crippen molar-refractivity contribution in [3.8, 4) is 0 Å². The van der Waals surface area contributed by atoms with Gasteiger partial charge in [0.05, 0.1) is 5.02 Å².